The lowest BCUT2D eigenvalue weighted by molar-refractivity contribution is -0.111. The van der Waals surface area contributed by atoms with E-state index in [-0.39, 0.29) is 5.91 Å². The largest absolute Gasteiger partial charge is 0.497 e. The number of hydrogen-bond donors (Lipinski definition) is 1. The number of carbonyl (C=O) groups is 1. The van der Waals surface area contributed by atoms with E-state index in [9.17, 15) is 9.59 Å². The average molecular weight is 365 g/mol. The van der Waals surface area contributed by atoms with Crippen molar-refractivity contribution in [3.63, 3.8) is 0 Å². The third-order valence-electron chi connectivity index (χ3n) is 4.02. The summed E-state index contributed by atoms with van der Waals surface area (Å²) in [5, 5.41) is 3.58. The number of hydrogen-bond acceptors (Lipinski definition) is 5. The summed E-state index contributed by atoms with van der Waals surface area (Å²) in [6, 6.07) is 12.0. The molecular weight excluding hydrogens is 346 g/mol. The van der Waals surface area contributed by atoms with Crippen molar-refractivity contribution in [3.8, 4) is 11.5 Å². The molecular formula is C21H19NO5. The number of ether oxygens (including phenoxy) is 2. The van der Waals surface area contributed by atoms with Gasteiger partial charge in [-0.2, -0.15) is 0 Å². The van der Waals surface area contributed by atoms with E-state index in [0.29, 0.717) is 22.8 Å². The fraction of sp³-hybridized carbons (Fsp3) is 0.143. The van der Waals surface area contributed by atoms with E-state index in [0.717, 1.165) is 16.5 Å². The summed E-state index contributed by atoms with van der Waals surface area (Å²) in [6.07, 6.45) is 3.07. The molecule has 2 aromatic carbocycles. The van der Waals surface area contributed by atoms with Crippen LogP contribution in [-0.2, 0) is 4.79 Å². The SMILES string of the molecule is COc1cc(C=CC(=O)Nc2ccc3c(C)cc(=O)oc3c2)cc(OC)c1. The molecule has 1 amide bonds. The van der Waals surface area contributed by atoms with Crippen LogP contribution in [0.1, 0.15) is 11.1 Å². The van der Waals surface area contributed by atoms with Crippen molar-refractivity contribution in [1.29, 1.82) is 0 Å². The highest BCUT2D eigenvalue weighted by atomic mass is 16.5. The van der Waals surface area contributed by atoms with E-state index in [2.05, 4.69) is 5.32 Å². The molecule has 0 saturated carbocycles. The minimum absolute atomic E-state index is 0.314. The lowest BCUT2D eigenvalue weighted by Crippen LogP contribution is -2.08. The van der Waals surface area contributed by atoms with Gasteiger partial charge >= 0.3 is 5.63 Å². The molecule has 3 rings (SSSR count). The first-order valence-electron chi connectivity index (χ1n) is 8.25. The Morgan fingerprint density at radius 3 is 2.41 bits per heavy atom. The summed E-state index contributed by atoms with van der Waals surface area (Å²) < 4.78 is 15.6. The summed E-state index contributed by atoms with van der Waals surface area (Å²) in [5.74, 6) is 0.954. The van der Waals surface area contributed by atoms with Crippen molar-refractivity contribution in [1.82, 2.24) is 0 Å². The fourth-order valence-electron chi connectivity index (χ4n) is 2.68. The van der Waals surface area contributed by atoms with Crippen molar-refractivity contribution in [3.05, 3.63) is 70.1 Å². The molecule has 3 aromatic rings. The minimum atomic E-state index is -0.421. The van der Waals surface area contributed by atoms with Crippen molar-refractivity contribution in [2.75, 3.05) is 19.5 Å². The Bertz CT molecular complexity index is 1060. The molecule has 0 radical (unpaired) electrons. The zero-order valence-electron chi connectivity index (χ0n) is 15.2. The van der Waals surface area contributed by atoms with Crippen molar-refractivity contribution < 1.29 is 18.7 Å². The Kier molecular flexibility index (Phi) is 5.26. The molecule has 6 heteroatoms. The average Bonchev–Trinajstić information content (AvgIpc) is 2.65. The second kappa shape index (κ2) is 7.78. The zero-order chi connectivity index (χ0) is 19.4. The Labute approximate surface area is 156 Å². The van der Waals surface area contributed by atoms with E-state index >= 15 is 0 Å². The summed E-state index contributed by atoms with van der Waals surface area (Å²) in [7, 11) is 3.13. The van der Waals surface area contributed by atoms with E-state index in [4.69, 9.17) is 13.9 Å². The number of carbonyl (C=O) groups excluding carboxylic acids is 1. The first-order chi connectivity index (χ1) is 13.0. The second-order valence-electron chi connectivity index (χ2n) is 5.93. The maximum absolute atomic E-state index is 12.2. The Morgan fingerprint density at radius 1 is 1.04 bits per heavy atom. The van der Waals surface area contributed by atoms with E-state index in [1.165, 1.54) is 12.1 Å². The van der Waals surface area contributed by atoms with Crippen LogP contribution in [0.3, 0.4) is 0 Å². The van der Waals surface area contributed by atoms with Gasteiger partial charge in [0.15, 0.2) is 0 Å². The van der Waals surface area contributed by atoms with Crippen LogP contribution in [0.25, 0.3) is 17.0 Å². The van der Waals surface area contributed by atoms with Crippen molar-refractivity contribution in [2.24, 2.45) is 0 Å². The van der Waals surface area contributed by atoms with Gasteiger partial charge in [-0.05, 0) is 48.4 Å². The van der Waals surface area contributed by atoms with Gasteiger partial charge in [0.25, 0.3) is 0 Å². The van der Waals surface area contributed by atoms with Crippen LogP contribution >= 0.6 is 0 Å². The zero-order valence-corrected chi connectivity index (χ0v) is 15.2. The van der Waals surface area contributed by atoms with Crippen LogP contribution in [0.5, 0.6) is 11.5 Å². The summed E-state index contributed by atoms with van der Waals surface area (Å²) >= 11 is 0. The molecule has 0 bridgehead atoms. The molecule has 0 aliphatic carbocycles. The van der Waals surface area contributed by atoms with Crippen LogP contribution < -0.4 is 20.4 Å². The van der Waals surface area contributed by atoms with Gasteiger partial charge in [0.1, 0.15) is 17.1 Å². The molecule has 138 valence electrons. The van der Waals surface area contributed by atoms with Gasteiger partial charge in [0, 0.05) is 35.3 Å². The summed E-state index contributed by atoms with van der Waals surface area (Å²) in [4.78, 5) is 23.7. The Hall–Kier alpha value is -3.54. The lowest BCUT2D eigenvalue weighted by atomic mass is 10.1. The van der Waals surface area contributed by atoms with Gasteiger partial charge in [-0.3, -0.25) is 4.79 Å². The number of amides is 1. The third-order valence-corrected chi connectivity index (χ3v) is 4.02. The monoisotopic (exact) mass is 365 g/mol. The molecule has 0 spiro atoms. The quantitative estimate of drug-likeness (QED) is 0.550. The Balaban J connectivity index is 1.78. The van der Waals surface area contributed by atoms with E-state index < -0.39 is 5.63 Å². The number of anilines is 1. The van der Waals surface area contributed by atoms with Crippen LogP contribution in [0.4, 0.5) is 5.69 Å². The molecule has 1 aromatic heterocycles. The van der Waals surface area contributed by atoms with Crippen LogP contribution in [0.2, 0.25) is 0 Å². The molecule has 27 heavy (non-hydrogen) atoms. The van der Waals surface area contributed by atoms with Gasteiger partial charge < -0.3 is 19.2 Å². The highest BCUT2D eigenvalue weighted by Gasteiger charge is 2.05. The minimum Gasteiger partial charge on any atom is -0.497 e. The van der Waals surface area contributed by atoms with Crippen molar-refractivity contribution >= 4 is 28.6 Å². The number of nitrogens with one attached hydrogen (secondary N) is 1. The van der Waals surface area contributed by atoms with Crippen LogP contribution in [0.15, 0.2) is 57.8 Å². The molecule has 1 N–H and O–H groups in total. The summed E-state index contributed by atoms with van der Waals surface area (Å²) in [6.45, 7) is 1.84. The van der Waals surface area contributed by atoms with Gasteiger partial charge in [-0.25, -0.2) is 4.79 Å². The molecule has 1 heterocycles. The topological polar surface area (TPSA) is 77.8 Å². The number of benzene rings is 2. The second-order valence-corrected chi connectivity index (χ2v) is 5.93. The first kappa shape index (κ1) is 18.3. The first-order valence-corrected chi connectivity index (χ1v) is 8.25. The standard InChI is InChI=1S/C21H19NO5/c1-13-8-21(24)27-19-11-15(5-6-18(13)19)22-20(23)7-4-14-9-16(25-2)12-17(10-14)26-3/h4-12H,1-3H3,(H,22,23). The van der Waals surface area contributed by atoms with Gasteiger partial charge in [0.05, 0.1) is 14.2 Å². The molecule has 0 aliphatic rings. The highest BCUT2D eigenvalue weighted by molar-refractivity contribution is 6.02. The molecule has 0 aliphatic heterocycles. The normalized spacial score (nSPS) is 10.9. The number of fused-ring (bicyclic) bond motifs is 1. The molecule has 0 saturated heterocycles. The maximum Gasteiger partial charge on any atom is 0.336 e. The molecule has 0 fully saturated rings. The Morgan fingerprint density at radius 2 is 1.74 bits per heavy atom. The van der Waals surface area contributed by atoms with Crippen molar-refractivity contribution in [2.45, 2.75) is 6.92 Å². The van der Waals surface area contributed by atoms with E-state index in [1.807, 2.05) is 6.92 Å². The molecule has 0 atom stereocenters. The van der Waals surface area contributed by atoms with E-state index in [1.54, 1.807) is 56.7 Å². The maximum atomic E-state index is 12.2. The fourth-order valence-corrected chi connectivity index (χ4v) is 2.68. The van der Waals surface area contributed by atoms with Crippen LogP contribution in [0, 0.1) is 6.92 Å². The predicted octanol–water partition coefficient (Wildman–Crippen LogP) is 3.77. The molecule has 0 unspecified atom stereocenters. The highest BCUT2D eigenvalue weighted by Crippen LogP contribution is 2.24. The van der Waals surface area contributed by atoms with Gasteiger partial charge in [0.2, 0.25) is 5.91 Å². The lowest BCUT2D eigenvalue weighted by Gasteiger charge is -2.06. The van der Waals surface area contributed by atoms with Crippen LogP contribution in [-0.4, -0.2) is 20.1 Å². The van der Waals surface area contributed by atoms with Gasteiger partial charge in [-0.1, -0.05) is 0 Å². The number of methoxy groups -OCH3 is 2. The number of rotatable bonds is 5. The number of aryl methyl sites for hydroxylation is 1. The third kappa shape index (κ3) is 4.36. The van der Waals surface area contributed by atoms with Gasteiger partial charge in [-0.15, -0.1) is 0 Å². The predicted molar refractivity (Wildman–Crippen MR) is 104 cm³/mol. The smallest absolute Gasteiger partial charge is 0.336 e. The summed E-state index contributed by atoms with van der Waals surface area (Å²) in [5.41, 5.74) is 2.14. The molecule has 6 nitrogen and oxygen atoms in total.